The van der Waals surface area contributed by atoms with Gasteiger partial charge in [0.1, 0.15) is 19.2 Å². The van der Waals surface area contributed by atoms with Gasteiger partial charge in [-0.05, 0) is 0 Å². The van der Waals surface area contributed by atoms with Crippen LogP contribution in [0.5, 0.6) is 0 Å². The van der Waals surface area contributed by atoms with E-state index in [1.165, 1.54) is 0 Å². The molecule has 2 atom stereocenters. The molecule has 0 aromatic carbocycles. The first-order valence-corrected chi connectivity index (χ1v) is 12.6. The highest BCUT2D eigenvalue weighted by Gasteiger charge is 2.72. The van der Waals surface area contributed by atoms with Crippen LogP contribution in [0, 0.1) is 0 Å². The SMILES string of the molecule is CC(F)(F)C(F)(F)C(F)(F)OC(F)C(F)(F)SCCOC(=O)CC(C(=O)OCCSCF)S(=O)(=O)O. The second-order valence-electron chi connectivity index (χ2n) is 6.44. The van der Waals surface area contributed by atoms with Gasteiger partial charge in [-0.2, -0.15) is 43.5 Å². The second-order valence-corrected chi connectivity index (χ2v) is 10.3. The molecule has 0 aliphatic carbocycles. The molecule has 0 bridgehead atoms. The van der Waals surface area contributed by atoms with E-state index in [1.807, 2.05) is 0 Å². The molecule has 0 aliphatic heterocycles. The zero-order chi connectivity index (χ0) is 28.6. The maximum atomic E-state index is 13.6. The van der Waals surface area contributed by atoms with Gasteiger partial charge in [0.25, 0.3) is 16.5 Å². The van der Waals surface area contributed by atoms with Crippen molar-refractivity contribution in [3.63, 3.8) is 0 Å². The van der Waals surface area contributed by atoms with Crippen molar-refractivity contribution in [1.29, 1.82) is 0 Å². The van der Waals surface area contributed by atoms with E-state index in [1.54, 1.807) is 0 Å². The molecule has 0 aliphatic rings. The number of esters is 2. The summed E-state index contributed by atoms with van der Waals surface area (Å²) >= 11 is -0.287. The molecule has 0 spiro atoms. The molecule has 0 amide bonds. The molecule has 2 unspecified atom stereocenters. The van der Waals surface area contributed by atoms with Crippen molar-refractivity contribution in [2.24, 2.45) is 0 Å². The maximum absolute atomic E-state index is 13.6. The molecule has 0 aromatic heterocycles. The number of carbonyl (C=O) groups excluding carboxylic acids is 2. The van der Waals surface area contributed by atoms with Crippen LogP contribution < -0.4 is 0 Å². The summed E-state index contributed by atoms with van der Waals surface area (Å²) < 4.78 is 173. The fourth-order valence-corrected chi connectivity index (χ4v) is 3.38. The minimum absolute atomic E-state index is 0.111. The number of thioether (sulfide) groups is 2. The molecule has 0 heterocycles. The Kier molecular flexibility index (Phi) is 13.1. The first-order chi connectivity index (χ1) is 16.1. The Morgan fingerprint density at radius 3 is 1.97 bits per heavy atom. The van der Waals surface area contributed by atoms with Gasteiger partial charge in [0, 0.05) is 18.4 Å². The van der Waals surface area contributed by atoms with Crippen molar-refractivity contribution < 1.29 is 80.7 Å². The Balaban J connectivity index is 4.86. The van der Waals surface area contributed by atoms with Gasteiger partial charge in [-0.1, -0.05) is 11.8 Å². The van der Waals surface area contributed by atoms with Crippen LogP contribution in [0.25, 0.3) is 0 Å². The average Bonchev–Trinajstić information content (AvgIpc) is 2.70. The van der Waals surface area contributed by atoms with Crippen molar-refractivity contribution in [3.05, 3.63) is 0 Å². The number of carbonyl (C=O) groups is 2. The summed E-state index contributed by atoms with van der Waals surface area (Å²) in [4.78, 5) is 23.3. The van der Waals surface area contributed by atoms with Gasteiger partial charge < -0.3 is 9.47 Å². The van der Waals surface area contributed by atoms with Crippen LogP contribution in [0.2, 0.25) is 0 Å². The second kappa shape index (κ2) is 13.6. The third-order valence-corrected chi connectivity index (χ3v) is 6.23. The van der Waals surface area contributed by atoms with Crippen LogP contribution in [0.15, 0.2) is 0 Å². The quantitative estimate of drug-likeness (QED) is 0.112. The van der Waals surface area contributed by atoms with Crippen LogP contribution in [0.1, 0.15) is 13.3 Å². The van der Waals surface area contributed by atoms with E-state index in [-0.39, 0.29) is 5.75 Å². The Bertz CT molecular complexity index is 838. The molecule has 0 fully saturated rings. The molecule has 0 aromatic rings. The lowest BCUT2D eigenvalue weighted by Gasteiger charge is -2.32. The number of hydrogen-bond acceptors (Lipinski definition) is 9. The van der Waals surface area contributed by atoms with E-state index in [0.717, 1.165) is 0 Å². The zero-order valence-electron chi connectivity index (χ0n) is 17.7. The Hall–Kier alpha value is -1.19. The lowest BCUT2D eigenvalue weighted by atomic mass is 10.2. The van der Waals surface area contributed by atoms with Crippen LogP contribution in [-0.4, -0.2) is 90.5 Å². The Labute approximate surface area is 205 Å². The lowest BCUT2D eigenvalue weighted by Crippen LogP contribution is -2.56. The first-order valence-electron chi connectivity index (χ1n) is 8.99. The molecule has 0 rings (SSSR count). The van der Waals surface area contributed by atoms with Gasteiger partial charge in [-0.3, -0.25) is 18.9 Å². The number of alkyl halides is 10. The molecule has 0 saturated carbocycles. The minimum atomic E-state index is -6.36. The van der Waals surface area contributed by atoms with Crippen LogP contribution in [0.3, 0.4) is 0 Å². The van der Waals surface area contributed by atoms with Crippen LogP contribution >= 0.6 is 23.5 Å². The molecular weight excluding hydrogens is 594 g/mol. The van der Waals surface area contributed by atoms with Gasteiger partial charge >= 0.3 is 35.1 Å². The standard InChI is InChI=1S/C15H18F10O8S3/c1-12(18,19)14(22,23)15(24,25)33-11(17)13(20,21)35-5-3-31-9(26)6-8(36(28,29)30)10(27)32-2-4-34-7-16/h8,11H,2-7H2,1H3,(H,28,29,30). The fourth-order valence-electron chi connectivity index (χ4n) is 1.80. The van der Waals surface area contributed by atoms with Crippen molar-refractivity contribution in [1.82, 2.24) is 0 Å². The summed E-state index contributed by atoms with van der Waals surface area (Å²) in [7, 11) is -5.24. The Morgan fingerprint density at radius 1 is 0.972 bits per heavy atom. The summed E-state index contributed by atoms with van der Waals surface area (Å²) in [6, 6.07) is -0.860. The van der Waals surface area contributed by atoms with E-state index in [2.05, 4.69) is 14.2 Å². The summed E-state index contributed by atoms with van der Waals surface area (Å²) in [6.07, 6.45) is -12.3. The average molecular weight is 612 g/mol. The molecule has 8 nitrogen and oxygen atoms in total. The summed E-state index contributed by atoms with van der Waals surface area (Å²) in [5, 5.41) is -7.56. The van der Waals surface area contributed by atoms with E-state index in [9.17, 15) is 61.9 Å². The van der Waals surface area contributed by atoms with Gasteiger partial charge in [-0.25, -0.2) is 8.78 Å². The molecule has 36 heavy (non-hydrogen) atoms. The smallest absolute Gasteiger partial charge is 0.428 e. The van der Waals surface area contributed by atoms with E-state index in [4.69, 9.17) is 4.55 Å². The van der Waals surface area contributed by atoms with Crippen LogP contribution in [0.4, 0.5) is 43.9 Å². The summed E-state index contributed by atoms with van der Waals surface area (Å²) in [5.74, 6) is -16.3. The van der Waals surface area contributed by atoms with Crippen molar-refractivity contribution in [2.45, 2.75) is 48.2 Å². The highest BCUT2D eigenvalue weighted by atomic mass is 32.2. The lowest BCUT2D eigenvalue weighted by molar-refractivity contribution is -0.423. The molecular formula is C15H18F10O8S3. The largest absolute Gasteiger partial charge is 0.465 e. The third-order valence-electron chi connectivity index (χ3n) is 3.60. The van der Waals surface area contributed by atoms with Gasteiger partial charge in [0.2, 0.25) is 0 Å². The monoisotopic (exact) mass is 612 g/mol. The number of ether oxygens (including phenoxy) is 3. The van der Waals surface area contributed by atoms with Crippen molar-refractivity contribution in [2.75, 3.05) is 30.7 Å². The maximum Gasteiger partial charge on any atom is 0.428 e. The highest BCUT2D eigenvalue weighted by Crippen LogP contribution is 2.48. The topological polar surface area (TPSA) is 116 Å². The predicted molar refractivity (Wildman–Crippen MR) is 104 cm³/mol. The predicted octanol–water partition coefficient (Wildman–Crippen LogP) is 3.90. The molecule has 0 radical (unpaired) electrons. The van der Waals surface area contributed by atoms with Crippen molar-refractivity contribution in [3.8, 4) is 0 Å². The molecule has 214 valence electrons. The van der Waals surface area contributed by atoms with E-state index in [0.29, 0.717) is 11.8 Å². The summed E-state index contributed by atoms with van der Waals surface area (Å²) in [5.41, 5.74) is 0. The minimum Gasteiger partial charge on any atom is -0.465 e. The zero-order valence-corrected chi connectivity index (χ0v) is 20.2. The van der Waals surface area contributed by atoms with Gasteiger partial charge in [0.15, 0.2) is 5.25 Å². The molecule has 0 saturated heterocycles. The Morgan fingerprint density at radius 2 is 1.50 bits per heavy atom. The van der Waals surface area contributed by atoms with Crippen LogP contribution in [-0.2, 0) is 33.9 Å². The molecule has 21 heteroatoms. The van der Waals surface area contributed by atoms with E-state index >= 15 is 0 Å². The first kappa shape index (κ1) is 34.8. The highest BCUT2D eigenvalue weighted by molar-refractivity contribution is 8.00. The number of rotatable bonds is 17. The van der Waals surface area contributed by atoms with Crippen molar-refractivity contribution >= 4 is 45.6 Å². The summed E-state index contributed by atoms with van der Waals surface area (Å²) in [6.45, 7) is -2.31. The molecule has 1 N–H and O–H groups in total. The number of halogens is 10. The van der Waals surface area contributed by atoms with E-state index < -0.39 is 107 Å². The normalized spacial score (nSPS) is 15.3. The van der Waals surface area contributed by atoms with Gasteiger partial charge in [0.05, 0.1) is 6.42 Å². The van der Waals surface area contributed by atoms with Gasteiger partial charge in [-0.15, -0.1) is 11.8 Å². The number of hydrogen-bond donors (Lipinski definition) is 1. The fraction of sp³-hybridized carbons (Fsp3) is 0.867. The third kappa shape index (κ3) is 10.7.